The van der Waals surface area contributed by atoms with E-state index in [0.717, 1.165) is 10.6 Å². The van der Waals surface area contributed by atoms with Crippen LogP contribution in [0, 0.1) is 0 Å². The second-order valence-electron chi connectivity index (χ2n) is 2.56. The monoisotopic (exact) mass is 208 g/mol. The van der Waals surface area contributed by atoms with Crippen molar-refractivity contribution in [1.29, 1.82) is 0 Å². The molecule has 0 aliphatic carbocycles. The van der Waals surface area contributed by atoms with Crippen molar-refractivity contribution < 1.29 is 5.11 Å². The molecule has 0 radical (unpaired) electrons. The zero-order chi connectivity index (χ0) is 9.80. The third-order valence-electron chi connectivity index (χ3n) is 1.57. The Morgan fingerprint density at radius 3 is 2.86 bits per heavy atom. The number of hydrogen-bond donors (Lipinski definition) is 2. The Balaban J connectivity index is 2.10. The van der Waals surface area contributed by atoms with Crippen LogP contribution in [0.5, 0.6) is 0 Å². The fourth-order valence-electron chi connectivity index (χ4n) is 0.907. The van der Waals surface area contributed by atoms with Gasteiger partial charge in [0.1, 0.15) is 11.4 Å². The van der Waals surface area contributed by atoms with Gasteiger partial charge in [0.25, 0.3) is 0 Å². The van der Waals surface area contributed by atoms with E-state index in [1.165, 1.54) is 18.1 Å². The predicted octanol–water partition coefficient (Wildman–Crippen LogP) is 0.843. The van der Waals surface area contributed by atoms with E-state index in [1.807, 2.05) is 12.1 Å². The highest BCUT2D eigenvalue weighted by atomic mass is 32.2. The first-order chi connectivity index (χ1) is 6.88. The van der Waals surface area contributed by atoms with Crippen LogP contribution >= 0.6 is 11.8 Å². The SMILES string of the molecule is OCc1ccc(Sc2ncn[nH]2)nc1. The zero-order valence-corrected chi connectivity index (χ0v) is 8.03. The zero-order valence-electron chi connectivity index (χ0n) is 7.21. The molecule has 2 aromatic rings. The molecule has 0 spiro atoms. The standard InChI is InChI=1S/C8H8N4OS/c13-4-6-1-2-7(9-3-6)14-8-10-5-11-12-8/h1-3,5,13H,4H2,(H,10,11,12). The summed E-state index contributed by atoms with van der Waals surface area (Å²) < 4.78 is 0. The number of rotatable bonds is 3. The van der Waals surface area contributed by atoms with E-state index in [-0.39, 0.29) is 6.61 Å². The molecule has 2 aromatic heterocycles. The number of aliphatic hydroxyl groups is 1. The summed E-state index contributed by atoms with van der Waals surface area (Å²) in [5.74, 6) is 0. The molecule has 2 heterocycles. The van der Waals surface area contributed by atoms with E-state index >= 15 is 0 Å². The first-order valence-electron chi connectivity index (χ1n) is 3.97. The lowest BCUT2D eigenvalue weighted by Gasteiger charge is -1.97. The maximum atomic E-state index is 8.81. The van der Waals surface area contributed by atoms with Gasteiger partial charge in [-0.25, -0.2) is 9.97 Å². The highest BCUT2D eigenvalue weighted by Gasteiger charge is 2.00. The van der Waals surface area contributed by atoms with Crippen LogP contribution in [0.25, 0.3) is 0 Å². The second kappa shape index (κ2) is 4.21. The molecule has 6 heteroatoms. The number of aromatic amines is 1. The van der Waals surface area contributed by atoms with Crippen LogP contribution in [0.1, 0.15) is 5.56 Å². The van der Waals surface area contributed by atoms with Crippen molar-refractivity contribution in [1.82, 2.24) is 20.2 Å². The predicted molar refractivity (Wildman–Crippen MR) is 50.7 cm³/mol. The van der Waals surface area contributed by atoms with Crippen LogP contribution in [-0.4, -0.2) is 25.3 Å². The Labute approximate surface area is 84.6 Å². The molecule has 14 heavy (non-hydrogen) atoms. The van der Waals surface area contributed by atoms with Gasteiger partial charge in [-0.05, 0) is 23.4 Å². The normalized spacial score (nSPS) is 10.4. The summed E-state index contributed by atoms with van der Waals surface area (Å²) >= 11 is 1.39. The van der Waals surface area contributed by atoms with Crippen LogP contribution < -0.4 is 0 Å². The van der Waals surface area contributed by atoms with Crippen molar-refractivity contribution in [2.75, 3.05) is 0 Å². The quantitative estimate of drug-likeness (QED) is 0.782. The van der Waals surface area contributed by atoms with Gasteiger partial charge in [-0.1, -0.05) is 6.07 Å². The molecule has 0 unspecified atom stereocenters. The van der Waals surface area contributed by atoms with Gasteiger partial charge in [0, 0.05) is 6.20 Å². The van der Waals surface area contributed by atoms with E-state index in [9.17, 15) is 0 Å². The topological polar surface area (TPSA) is 74.7 Å². The van der Waals surface area contributed by atoms with Gasteiger partial charge in [-0.15, -0.1) is 0 Å². The third-order valence-corrected chi connectivity index (χ3v) is 2.42. The maximum Gasteiger partial charge on any atom is 0.189 e. The minimum absolute atomic E-state index is 0.0141. The fraction of sp³-hybridized carbons (Fsp3) is 0.125. The highest BCUT2D eigenvalue weighted by Crippen LogP contribution is 2.21. The number of aliphatic hydroxyl groups excluding tert-OH is 1. The van der Waals surface area contributed by atoms with Gasteiger partial charge >= 0.3 is 0 Å². The van der Waals surface area contributed by atoms with Crippen LogP contribution in [0.2, 0.25) is 0 Å². The molecule has 0 amide bonds. The summed E-state index contributed by atoms with van der Waals surface area (Å²) in [5.41, 5.74) is 0.798. The molecular weight excluding hydrogens is 200 g/mol. The van der Waals surface area contributed by atoms with Gasteiger partial charge in [0.2, 0.25) is 0 Å². The van der Waals surface area contributed by atoms with Gasteiger partial charge in [0.05, 0.1) is 6.61 Å². The summed E-state index contributed by atoms with van der Waals surface area (Å²) in [5, 5.41) is 16.8. The van der Waals surface area contributed by atoms with E-state index in [1.54, 1.807) is 6.20 Å². The Bertz CT molecular complexity index is 386. The number of pyridine rings is 1. The van der Waals surface area contributed by atoms with Crippen molar-refractivity contribution >= 4 is 11.8 Å². The Morgan fingerprint density at radius 2 is 2.29 bits per heavy atom. The van der Waals surface area contributed by atoms with Gasteiger partial charge < -0.3 is 5.11 Å². The summed E-state index contributed by atoms with van der Waals surface area (Å²) in [6, 6.07) is 3.66. The number of hydrogen-bond acceptors (Lipinski definition) is 5. The van der Waals surface area contributed by atoms with Crippen LogP contribution in [-0.2, 0) is 6.61 Å². The molecule has 0 bridgehead atoms. The highest BCUT2D eigenvalue weighted by molar-refractivity contribution is 7.99. The molecule has 0 aromatic carbocycles. The summed E-state index contributed by atoms with van der Waals surface area (Å²) in [6.07, 6.45) is 3.09. The van der Waals surface area contributed by atoms with E-state index in [2.05, 4.69) is 20.2 Å². The third kappa shape index (κ3) is 2.09. The van der Waals surface area contributed by atoms with E-state index < -0.39 is 0 Å². The van der Waals surface area contributed by atoms with Crippen LogP contribution in [0.3, 0.4) is 0 Å². The molecule has 72 valence electrons. The lowest BCUT2D eigenvalue weighted by atomic mass is 10.3. The number of aromatic nitrogens is 4. The molecule has 0 saturated heterocycles. The average molecular weight is 208 g/mol. The first-order valence-corrected chi connectivity index (χ1v) is 4.79. The maximum absolute atomic E-state index is 8.81. The van der Waals surface area contributed by atoms with Crippen molar-refractivity contribution in [3.8, 4) is 0 Å². The summed E-state index contributed by atoms with van der Waals surface area (Å²) in [4.78, 5) is 8.10. The smallest absolute Gasteiger partial charge is 0.189 e. The Kier molecular flexibility index (Phi) is 2.76. The molecule has 0 atom stereocenters. The fourth-order valence-corrected chi connectivity index (χ4v) is 1.55. The summed E-state index contributed by atoms with van der Waals surface area (Å²) in [7, 11) is 0. The molecule has 0 fully saturated rings. The summed E-state index contributed by atoms with van der Waals surface area (Å²) in [6.45, 7) is 0.0141. The van der Waals surface area contributed by atoms with E-state index in [4.69, 9.17) is 5.11 Å². The molecule has 0 aliphatic heterocycles. The van der Waals surface area contributed by atoms with Gasteiger partial charge in [-0.3, -0.25) is 5.10 Å². The molecule has 0 aliphatic rings. The van der Waals surface area contributed by atoms with Gasteiger partial charge in [-0.2, -0.15) is 5.10 Å². The number of H-pyrrole nitrogens is 1. The largest absolute Gasteiger partial charge is 0.392 e. The van der Waals surface area contributed by atoms with Crippen LogP contribution in [0.15, 0.2) is 34.8 Å². The lowest BCUT2D eigenvalue weighted by Crippen LogP contribution is -1.86. The van der Waals surface area contributed by atoms with Crippen molar-refractivity contribution in [2.24, 2.45) is 0 Å². The molecular formula is C8H8N4OS. The minimum atomic E-state index is 0.0141. The first kappa shape index (κ1) is 9.17. The Hall–Kier alpha value is -1.40. The molecule has 2 rings (SSSR count). The van der Waals surface area contributed by atoms with Crippen molar-refractivity contribution in [3.63, 3.8) is 0 Å². The lowest BCUT2D eigenvalue weighted by molar-refractivity contribution is 0.281. The van der Waals surface area contributed by atoms with Crippen molar-refractivity contribution in [2.45, 2.75) is 16.8 Å². The van der Waals surface area contributed by atoms with Crippen molar-refractivity contribution in [3.05, 3.63) is 30.2 Å². The molecule has 5 nitrogen and oxygen atoms in total. The Morgan fingerprint density at radius 1 is 1.36 bits per heavy atom. The number of nitrogens with one attached hydrogen (secondary N) is 1. The van der Waals surface area contributed by atoms with Crippen LogP contribution in [0.4, 0.5) is 0 Å². The van der Waals surface area contributed by atoms with Gasteiger partial charge in [0.15, 0.2) is 5.16 Å². The van der Waals surface area contributed by atoms with E-state index in [0.29, 0.717) is 5.16 Å². The number of nitrogens with zero attached hydrogens (tertiary/aromatic N) is 3. The molecule has 2 N–H and O–H groups in total. The minimum Gasteiger partial charge on any atom is -0.392 e. The average Bonchev–Trinajstić information content (AvgIpc) is 2.72. The second-order valence-corrected chi connectivity index (χ2v) is 3.56. The molecule has 0 saturated carbocycles.